The van der Waals surface area contributed by atoms with Crippen molar-refractivity contribution in [2.75, 3.05) is 39.3 Å². The van der Waals surface area contributed by atoms with Crippen LogP contribution in [0.3, 0.4) is 0 Å². The third kappa shape index (κ3) is 5.81. The second-order valence-electron chi connectivity index (χ2n) is 8.18. The second-order valence-corrected chi connectivity index (χ2v) is 8.18. The third-order valence-corrected chi connectivity index (χ3v) is 6.16. The lowest BCUT2D eigenvalue weighted by molar-refractivity contribution is -0.137. The predicted molar refractivity (Wildman–Crippen MR) is 112 cm³/mol. The van der Waals surface area contributed by atoms with E-state index in [1.165, 1.54) is 18.4 Å². The average molecular weight is 386 g/mol. The summed E-state index contributed by atoms with van der Waals surface area (Å²) in [6.45, 7) is 7.44. The predicted octanol–water partition coefficient (Wildman–Crippen LogP) is 3.15. The van der Waals surface area contributed by atoms with Gasteiger partial charge in [0, 0.05) is 32.1 Å². The fourth-order valence-corrected chi connectivity index (χ4v) is 4.36. The summed E-state index contributed by atoms with van der Waals surface area (Å²) in [7, 11) is 0. The Balaban J connectivity index is 1.45. The molecule has 2 fully saturated rings. The molecule has 0 N–H and O–H groups in total. The largest absolute Gasteiger partial charge is 0.342 e. The number of hydrogen-bond acceptors (Lipinski definition) is 3. The van der Waals surface area contributed by atoms with E-state index in [0.717, 1.165) is 58.4 Å². The zero-order chi connectivity index (χ0) is 19.8. The van der Waals surface area contributed by atoms with E-state index in [-0.39, 0.29) is 11.8 Å². The smallest absolute Gasteiger partial charge is 0.237 e. The van der Waals surface area contributed by atoms with Gasteiger partial charge < -0.3 is 9.80 Å². The molecule has 0 aliphatic carbocycles. The number of hydrogen-bond donors (Lipinski definition) is 0. The van der Waals surface area contributed by atoms with Gasteiger partial charge in [0.15, 0.2) is 0 Å². The molecule has 1 aromatic rings. The van der Waals surface area contributed by atoms with E-state index in [0.29, 0.717) is 19.0 Å². The molecule has 5 nitrogen and oxygen atoms in total. The van der Waals surface area contributed by atoms with Gasteiger partial charge in [0.05, 0.1) is 6.54 Å². The summed E-state index contributed by atoms with van der Waals surface area (Å²) < 4.78 is 0. The lowest BCUT2D eigenvalue weighted by Gasteiger charge is -2.34. The molecule has 154 valence electrons. The summed E-state index contributed by atoms with van der Waals surface area (Å²) in [6.07, 6.45) is 6.56. The van der Waals surface area contributed by atoms with Gasteiger partial charge in [-0.1, -0.05) is 43.2 Å². The molecule has 2 aliphatic heterocycles. The van der Waals surface area contributed by atoms with E-state index in [9.17, 15) is 9.59 Å². The zero-order valence-corrected chi connectivity index (χ0v) is 17.3. The normalized spacial score (nSPS) is 19.2. The Morgan fingerprint density at radius 3 is 2.21 bits per heavy atom. The molecule has 0 bridgehead atoms. The summed E-state index contributed by atoms with van der Waals surface area (Å²) in [5.41, 5.74) is 1.17. The van der Waals surface area contributed by atoms with Crippen LogP contribution >= 0.6 is 0 Å². The third-order valence-electron chi connectivity index (χ3n) is 6.16. The highest BCUT2D eigenvalue weighted by molar-refractivity contribution is 5.79. The van der Waals surface area contributed by atoms with Crippen LogP contribution in [-0.4, -0.2) is 65.8 Å². The van der Waals surface area contributed by atoms with Crippen molar-refractivity contribution >= 4 is 11.8 Å². The highest BCUT2D eigenvalue weighted by Crippen LogP contribution is 2.22. The number of carbonyl (C=O) groups excluding carboxylic acids is 2. The van der Waals surface area contributed by atoms with Crippen molar-refractivity contribution in [1.82, 2.24) is 14.7 Å². The number of likely N-dealkylation sites (tertiary alicyclic amines) is 2. The first kappa shape index (κ1) is 20.8. The molecule has 0 saturated carbocycles. The molecule has 0 aromatic heterocycles. The van der Waals surface area contributed by atoms with E-state index in [1.54, 1.807) is 0 Å². The Morgan fingerprint density at radius 2 is 1.61 bits per heavy atom. The summed E-state index contributed by atoms with van der Waals surface area (Å²) in [4.78, 5) is 31.8. The lowest BCUT2D eigenvalue weighted by atomic mass is 9.95. The van der Waals surface area contributed by atoms with Crippen LogP contribution in [0.1, 0.15) is 51.0 Å². The second kappa shape index (κ2) is 10.6. The number of piperidine rings is 1. The summed E-state index contributed by atoms with van der Waals surface area (Å²) in [6, 6.07) is 10.2. The van der Waals surface area contributed by atoms with Gasteiger partial charge in [-0.15, -0.1) is 0 Å². The molecule has 2 saturated heterocycles. The minimum atomic E-state index is 0.149. The molecule has 2 amide bonds. The molecular weight excluding hydrogens is 350 g/mol. The molecule has 3 rings (SSSR count). The van der Waals surface area contributed by atoms with Crippen LogP contribution in [0.5, 0.6) is 0 Å². The summed E-state index contributed by atoms with van der Waals surface area (Å²) in [5.74, 6) is 0.687. The molecule has 2 heterocycles. The molecule has 1 aromatic carbocycles. The van der Waals surface area contributed by atoms with Crippen molar-refractivity contribution in [2.45, 2.75) is 52.0 Å². The van der Waals surface area contributed by atoms with Crippen LogP contribution < -0.4 is 0 Å². The van der Waals surface area contributed by atoms with Gasteiger partial charge in [-0.25, -0.2) is 0 Å². The minimum absolute atomic E-state index is 0.149. The standard InChI is InChI=1S/C23H35N3O2/c1-2-25(18-20-10-6-5-7-11-20)22(27)19-24-16-12-21(13-17-24)23(28)26-14-8-3-4-9-15-26/h5-7,10-11,21H,2-4,8-9,12-19H2,1H3. The van der Waals surface area contributed by atoms with Gasteiger partial charge in [-0.2, -0.15) is 0 Å². The molecule has 0 spiro atoms. The topological polar surface area (TPSA) is 43.9 Å². The van der Waals surface area contributed by atoms with Crippen LogP contribution in [0.15, 0.2) is 30.3 Å². The van der Waals surface area contributed by atoms with Gasteiger partial charge in [0.25, 0.3) is 0 Å². The van der Waals surface area contributed by atoms with E-state index < -0.39 is 0 Å². The maximum Gasteiger partial charge on any atom is 0.237 e. The Labute approximate surface area is 169 Å². The number of rotatable bonds is 6. The van der Waals surface area contributed by atoms with E-state index in [1.807, 2.05) is 30.0 Å². The molecular formula is C23H35N3O2. The molecule has 5 heteroatoms. The molecule has 0 radical (unpaired) electrons. The van der Waals surface area contributed by atoms with E-state index >= 15 is 0 Å². The first-order valence-corrected chi connectivity index (χ1v) is 11.0. The Hall–Kier alpha value is -1.88. The number of nitrogens with zero attached hydrogens (tertiary/aromatic N) is 3. The van der Waals surface area contributed by atoms with Crippen molar-refractivity contribution in [3.05, 3.63) is 35.9 Å². The van der Waals surface area contributed by atoms with Crippen molar-refractivity contribution in [3.63, 3.8) is 0 Å². The van der Waals surface area contributed by atoms with Gasteiger partial charge in [0.1, 0.15) is 0 Å². The van der Waals surface area contributed by atoms with Crippen LogP contribution in [0.25, 0.3) is 0 Å². The zero-order valence-electron chi connectivity index (χ0n) is 17.3. The van der Waals surface area contributed by atoms with Crippen LogP contribution in [0, 0.1) is 5.92 Å². The van der Waals surface area contributed by atoms with Crippen molar-refractivity contribution in [2.24, 2.45) is 5.92 Å². The van der Waals surface area contributed by atoms with E-state index in [4.69, 9.17) is 0 Å². The maximum atomic E-state index is 12.8. The SMILES string of the molecule is CCN(Cc1ccccc1)C(=O)CN1CCC(C(=O)N2CCCCCC2)CC1. The van der Waals surface area contributed by atoms with Gasteiger partial charge in [0.2, 0.25) is 11.8 Å². The Bertz CT molecular complexity index is 618. The number of amides is 2. The van der Waals surface area contributed by atoms with Gasteiger partial charge >= 0.3 is 0 Å². The number of carbonyl (C=O) groups is 2. The molecule has 2 aliphatic rings. The summed E-state index contributed by atoms with van der Waals surface area (Å²) >= 11 is 0. The van der Waals surface area contributed by atoms with Crippen molar-refractivity contribution in [3.8, 4) is 0 Å². The van der Waals surface area contributed by atoms with Gasteiger partial charge in [-0.05, 0) is 51.3 Å². The first-order chi connectivity index (χ1) is 13.7. The fourth-order valence-electron chi connectivity index (χ4n) is 4.36. The van der Waals surface area contributed by atoms with Crippen LogP contribution in [0.2, 0.25) is 0 Å². The quantitative estimate of drug-likeness (QED) is 0.756. The number of benzene rings is 1. The summed E-state index contributed by atoms with van der Waals surface area (Å²) in [5, 5.41) is 0. The Morgan fingerprint density at radius 1 is 0.964 bits per heavy atom. The molecule has 0 unspecified atom stereocenters. The Kier molecular flexibility index (Phi) is 7.90. The minimum Gasteiger partial charge on any atom is -0.342 e. The molecule has 0 atom stereocenters. The van der Waals surface area contributed by atoms with Gasteiger partial charge in [-0.3, -0.25) is 14.5 Å². The molecule has 28 heavy (non-hydrogen) atoms. The van der Waals surface area contributed by atoms with E-state index in [2.05, 4.69) is 21.9 Å². The number of likely N-dealkylation sites (N-methyl/N-ethyl adjacent to an activating group) is 1. The van der Waals surface area contributed by atoms with Crippen LogP contribution in [0.4, 0.5) is 0 Å². The fraction of sp³-hybridized carbons (Fsp3) is 0.652. The maximum absolute atomic E-state index is 12.8. The van der Waals surface area contributed by atoms with Crippen molar-refractivity contribution < 1.29 is 9.59 Å². The average Bonchev–Trinajstić information content (AvgIpc) is 3.02. The van der Waals surface area contributed by atoms with Crippen molar-refractivity contribution in [1.29, 1.82) is 0 Å². The highest BCUT2D eigenvalue weighted by atomic mass is 16.2. The lowest BCUT2D eigenvalue weighted by Crippen LogP contribution is -2.46. The first-order valence-electron chi connectivity index (χ1n) is 11.0. The van der Waals surface area contributed by atoms with Crippen LogP contribution in [-0.2, 0) is 16.1 Å². The monoisotopic (exact) mass is 385 g/mol. The highest BCUT2D eigenvalue weighted by Gasteiger charge is 2.29.